The molecular weight excluding hydrogens is 226 g/mol. The smallest absolute Gasteiger partial charge is 0.213 e. The molecule has 0 aliphatic carbocycles. The Hall–Kier alpha value is -0.780. The lowest BCUT2D eigenvalue weighted by Gasteiger charge is -2.05. The van der Waals surface area contributed by atoms with Crippen LogP contribution in [0.4, 0.5) is 0 Å². The zero-order chi connectivity index (χ0) is 10.8. The van der Waals surface area contributed by atoms with E-state index in [2.05, 4.69) is 0 Å². The average molecular weight is 236 g/mol. The van der Waals surface area contributed by atoms with Crippen molar-refractivity contribution in [2.75, 3.05) is 7.11 Å². The van der Waals surface area contributed by atoms with E-state index >= 15 is 0 Å². The van der Waals surface area contributed by atoms with Crippen LogP contribution in [0.15, 0.2) is 18.2 Å². The number of hydrogen-bond acceptors (Lipinski definition) is 3. The number of ether oxygens (including phenoxy) is 1. The third-order valence-corrected chi connectivity index (χ3v) is 2.63. The summed E-state index contributed by atoms with van der Waals surface area (Å²) in [5.41, 5.74) is 0.550. The molecule has 0 aromatic heterocycles. The molecule has 6 heteroatoms. The maximum absolute atomic E-state index is 10.8. The van der Waals surface area contributed by atoms with Gasteiger partial charge in [-0.15, -0.1) is 0 Å². The number of primary sulfonamides is 1. The monoisotopic (exact) mass is 235 g/mol. The van der Waals surface area contributed by atoms with E-state index in [9.17, 15) is 8.42 Å². The Labute approximate surface area is 87.7 Å². The highest BCUT2D eigenvalue weighted by Gasteiger charge is 2.07. The van der Waals surface area contributed by atoms with Crippen LogP contribution in [0.25, 0.3) is 0 Å². The molecule has 0 amide bonds. The molecule has 0 spiro atoms. The number of rotatable bonds is 3. The summed E-state index contributed by atoms with van der Waals surface area (Å²) < 4.78 is 26.5. The molecular formula is C8H10ClNO3S. The Kier molecular flexibility index (Phi) is 3.36. The third kappa shape index (κ3) is 3.17. The number of nitrogens with two attached hydrogens (primary N) is 1. The highest BCUT2D eigenvalue weighted by Crippen LogP contribution is 2.25. The highest BCUT2D eigenvalue weighted by atomic mass is 35.5. The maximum atomic E-state index is 10.8. The molecule has 14 heavy (non-hydrogen) atoms. The lowest BCUT2D eigenvalue weighted by molar-refractivity contribution is 0.414. The van der Waals surface area contributed by atoms with Crippen molar-refractivity contribution >= 4 is 21.6 Å². The minimum absolute atomic E-state index is 0.222. The minimum atomic E-state index is -3.51. The molecule has 0 aliphatic heterocycles. The summed E-state index contributed by atoms with van der Waals surface area (Å²) in [7, 11) is -2.05. The molecule has 1 rings (SSSR count). The van der Waals surface area contributed by atoms with Gasteiger partial charge in [-0.25, -0.2) is 13.6 Å². The van der Waals surface area contributed by atoms with Crippen molar-refractivity contribution in [2.45, 2.75) is 5.75 Å². The summed E-state index contributed by atoms with van der Waals surface area (Å²) in [5.74, 6) is 0.216. The summed E-state index contributed by atoms with van der Waals surface area (Å²) in [5, 5.41) is 5.33. The lowest BCUT2D eigenvalue weighted by atomic mass is 10.2. The van der Waals surface area contributed by atoms with E-state index in [0.717, 1.165) is 0 Å². The molecule has 0 heterocycles. The van der Waals surface area contributed by atoms with Crippen LogP contribution in [0.2, 0.25) is 5.02 Å². The van der Waals surface area contributed by atoms with Crippen LogP contribution in [-0.2, 0) is 15.8 Å². The fourth-order valence-corrected chi connectivity index (χ4v) is 1.87. The number of hydrogen-bond donors (Lipinski definition) is 1. The third-order valence-electron chi connectivity index (χ3n) is 1.58. The van der Waals surface area contributed by atoms with E-state index in [4.69, 9.17) is 21.5 Å². The van der Waals surface area contributed by atoms with Gasteiger partial charge in [-0.05, 0) is 17.7 Å². The number of halogens is 1. The van der Waals surface area contributed by atoms with Crippen LogP contribution in [0, 0.1) is 0 Å². The highest BCUT2D eigenvalue weighted by molar-refractivity contribution is 7.88. The molecule has 0 saturated heterocycles. The second-order valence-electron chi connectivity index (χ2n) is 2.78. The first-order valence-electron chi connectivity index (χ1n) is 3.75. The lowest BCUT2D eigenvalue weighted by Crippen LogP contribution is -2.14. The summed E-state index contributed by atoms with van der Waals surface area (Å²) in [4.78, 5) is 0. The quantitative estimate of drug-likeness (QED) is 0.854. The van der Waals surface area contributed by atoms with E-state index in [1.165, 1.54) is 7.11 Å². The largest absolute Gasteiger partial charge is 0.495 e. The molecule has 78 valence electrons. The van der Waals surface area contributed by atoms with Crippen molar-refractivity contribution in [1.82, 2.24) is 0 Å². The molecule has 1 aromatic carbocycles. The predicted octanol–water partition coefficient (Wildman–Crippen LogP) is 1.14. The Bertz CT molecular complexity index is 430. The molecule has 2 N–H and O–H groups in total. The molecule has 0 fully saturated rings. The van der Waals surface area contributed by atoms with Gasteiger partial charge in [0.25, 0.3) is 0 Å². The van der Waals surface area contributed by atoms with Crippen molar-refractivity contribution in [2.24, 2.45) is 5.14 Å². The maximum Gasteiger partial charge on any atom is 0.213 e. The van der Waals surface area contributed by atoms with Gasteiger partial charge in [-0.2, -0.15) is 0 Å². The summed E-state index contributed by atoms with van der Waals surface area (Å²) in [6, 6.07) is 4.71. The van der Waals surface area contributed by atoms with Gasteiger partial charge in [0, 0.05) is 0 Å². The molecule has 0 atom stereocenters. The fraction of sp³-hybridized carbons (Fsp3) is 0.250. The first-order chi connectivity index (χ1) is 6.42. The predicted molar refractivity (Wildman–Crippen MR) is 54.8 cm³/mol. The van der Waals surface area contributed by atoms with E-state index < -0.39 is 10.0 Å². The summed E-state index contributed by atoms with van der Waals surface area (Å²) >= 11 is 5.76. The normalized spacial score (nSPS) is 11.4. The Balaban J connectivity index is 3.01. The van der Waals surface area contributed by atoms with E-state index in [1.54, 1.807) is 18.2 Å². The van der Waals surface area contributed by atoms with Gasteiger partial charge in [-0.1, -0.05) is 17.7 Å². The SMILES string of the molecule is COc1cc(CS(N)(=O)=O)ccc1Cl. The van der Waals surface area contributed by atoms with Crippen LogP contribution in [0.5, 0.6) is 5.75 Å². The second-order valence-corrected chi connectivity index (χ2v) is 4.80. The van der Waals surface area contributed by atoms with Crippen LogP contribution in [0.3, 0.4) is 0 Å². The van der Waals surface area contributed by atoms with Crippen LogP contribution in [-0.4, -0.2) is 15.5 Å². The van der Waals surface area contributed by atoms with E-state index in [0.29, 0.717) is 16.3 Å². The zero-order valence-corrected chi connectivity index (χ0v) is 9.10. The zero-order valence-electron chi connectivity index (χ0n) is 7.53. The molecule has 0 radical (unpaired) electrons. The van der Waals surface area contributed by atoms with Gasteiger partial charge in [0.1, 0.15) is 5.75 Å². The molecule has 0 aliphatic rings. The van der Waals surface area contributed by atoms with E-state index in [1.807, 2.05) is 0 Å². The van der Waals surface area contributed by atoms with Crippen molar-refractivity contribution < 1.29 is 13.2 Å². The van der Waals surface area contributed by atoms with Gasteiger partial charge < -0.3 is 4.74 Å². The van der Waals surface area contributed by atoms with Crippen molar-refractivity contribution in [3.8, 4) is 5.75 Å². The topological polar surface area (TPSA) is 69.4 Å². The fourth-order valence-electron chi connectivity index (χ4n) is 1.03. The van der Waals surface area contributed by atoms with Crippen LogP contribution >= 0.6 is 11.6 Å². The molecule has 4 nitrogen and oxygen atoms in total. The second kappa shape index (κ2) is 4.16. The van der Waals surface area contributed by atoms with E-state index in [-0.39, 0.29) is 5.75 Å². The van der Waals surface area contributed by atoms with Crippen molar-refractivity contribution in [3.05, 3.63) is 28.8 Å². The van der Waals surface area contributed by atoms with Gasteiger partial charge in [0.2, 0.25) is 10.0 Å². The molecule has 1 aromatic rings. The van der Waals surface area contributed by atoms with Gasteiger partial charge in [0.05, 0.1) is 17.9 Å². The summed E-state index contributed by atoms with van der Waals surface area (Å²) in [6.07, 6.45) is 0. The number of sulfonamides is 1. The Morgan fingerprint density at radius 2 is 2.14 bits per heavy atom. The van der Waals surface area contributed by atoms with Gasteiger partial charge >= 0.3 is 0 Å². The average Bonchev–Trinajstić information content (AvgIpc) is 2.06. The number of benzene rings is 1. The molecule has 0 bridgehead atoms. The molecule has 0 saturated carbocycles. The first kappa shape index (κ1) is 11.3. The Morgan fingerprint density at radius 3 is 2.64 bits per heavy atom. The van der Waals surface area contributed by atoms with Crippen LogP contribution in [0.1, 0.15) is 5.56 Å². The standard InChI is InChI=1S/C8H10ClNO3S/c1-13-8-4-6(2-3-7(8)9)5-14(10,11)12/h2-4H,5H2,1H3,(H2,10,11,12). The van der Waals surface area contributed by atoms with Crippen molar-refractivity contribution in [3.63, 3.8) is 0 Å². The van der Waals surface area contributed by atoms with Gasteiger partial charge in [-0.3, -0.25) is 0 Å². The van der Waals surface area contributed by atoms with Crippen molar-refractivity contribution in [1.29, 1.82) is 0 Å². The number of methoxy groups -OCH3 is 1. The minimum Gasteiger partial charge on any atom is -0.495 e. The molecule has 0 unspecified atom stereocenters. The van der Waals surface area contributed by atoms with Crippen LogP contribution < -0.4 is 9.88 Å². The first-order valence-corrected chi connectivity index (χ1v) is 5.84. The Morgan fingerprint density at radius 1 is 1.50 bits per heavy atom. The summed E-state index contributed by atoms with van der Waals surface area (Å²) in [6.45, 7) is 0. The van der Waals surface area contributed by atoms with Gasteiger partial charge in [0.15, 0.2) is 0 Å².